The standard InChI is InChI=1S/C23H27ClFN3O4/c24-20-18(26)10-17(21-22(20)32-9-1-8-31-21)23(30)27-11-15-6-7-28(13-19(15)29)12-14-2-4-16(25)5-3-14/h2-5,10,15,19,29H,1,6-9,11-13,26H2,(H,27,30)/t15-,19+/m0/s1. The van der Waals surface area contributed by atoms with Crippen LogP contribution in [0.1, 0.15) is 28.8 Å². The average Bonchev–Trinajstić information content (AvgIpc) is 3.03. The molecule has 1 saturated heterocycles. The molecule has 4 rings (SSSR count). The summed E-state index contributed by atoms with van der Waals surface area (Å²) >= 11 is 6.24. The lowest BCUT2D eigenvalue weighted by molar-refractivity contribution is 0.0190. The number of likely N-dealkylation sites (tertiary alicyclic amines) is 1. The number of halogens is 2. The molecule has 0 spiro atoms. The van der Waals surface area contributed by atoms with Crippen LogP contribution >= 0.6 is 11.6 Å². The fraction of sp³-hybridized carbons (Fsp3) is 0.435. The molecule has 0 aromatic heterocycles. The minimum atomic E-state index is -0.587. The van der Waals surface area contributed by atoms with E-state index in [4.69, 9.17) is 26.8 Å². The van der Waals surface area contributed by atoms with Crippen molar-refractivity contribution in [2.45, 2.75) is 25.5 Å². The molecule has 0 unspecified atom stereocenters. The summed E-state index contributed by atoms with van der Waals surface area (Å²) in [6.45, 7) is 3.07. The first-order chi connectivity index (χ1) is 15.4. The normalized spacial score (nSPS) is 21.1. The zero-order chi connectivity index (χ0) is 22.7. The van der Waals surface area contributed by atoms with E-state index < -0.39 is 6.10 Å². The highest BCUT2D eigenvalue weighted by Crippen LogP contribution is 2.43. The summed E-state index contributed by atoms with van der Waals surface area (Å²) in [7, 11) is 0. The molecule has 2 aliphatic heterocycles. The number of carbonyl (C=O) groups excluding carboxylic acids is 1. The summed E-state index contributed by atoms with van der Waals surface area (Å²) in [6, 6.07) is 7.87. The number of nitrogens with one attached hydrogen (secondary N) is 1. The van der Waals surface area contributed by atoms with Crippen LogP contribution in [0.25, 0.3) is 0 Å². The maximum atomic E-state index is 13.1. The van der Waals surface area contributed by atoms with Gasteiger partial charge in [-0.05, 0) is 36.7 Å². The Morgan fingerprint density at radius 2 is 1.97 bits per heavy atom. The van der Waals surface area contributed by atoms with Crippen molar-refractivity contribution in [2.75, 3.05) is 38.6 Å². The van der Waals surface area contributed by atoms with Crippen LogP contribution in [-0.4, -0.2) is 54.9 Å². The van der Waals surface area contributed by atoms with Gasteiger partial charge in [-0.2, -0.15) is 0 Å². The number of anilines is 1. The molecule has 0 aliphatic carbocycles. The van der Waals surface area contributed by atoms with Gasteiger partial charge in [-0.1, -0.05) is 23.7 Å². The molecular weight excluding hydrogens is 437 g/mol. The lowest BCUT2D eigenvalue weighted by Gasteiger charge is -2.36. The van der Waals surface area contributed by atoms with E-state index in [9.17, 15) is 14.3 Å². The number of aliphatic hydroxyl groups is 1. The highest BCUT2D eigenvalue weighted by atomic mass is 35.5. The van der Waals surface area contributed by atoms with E-state index in [-0.39, 0.29) is 33.9 Å². The van der Waals surface area contributed by atoms with Crippen molar-refractivity contribution in [3.8, 4) is 11.5 Å². The van der Waals surface area contributed by atoms with Gasteiger partial charge in [0.15, 0.2) is 11.5 Å². The predicted molar refractivity (Wildman–Crippen MR) is 120 cm³/mol. The van der Waals surface area contributed by atoms with Crippen LogP contribution in [0.5, 0.6) is 11.5 Å². The number of carbonyl (C=O) groups is 1. The van der Waals surface area contributed by atoms with Crippen LogP contribution < -0.4 is 20.5 Å². The SMILES string of the molecule is Nc1cc(C(=O)NC[C@@H]2CCN(Cc3ccc(F)cc3)C[C@H]2O)c2c(c1Cl)OCCCO2. The molecule has 2 aromatic rings. The Morgan fingerprint density at radius 1 is 1.25 bits per heavy atom. The van der Waals surface area contributed by atoms with Crippen molar-refractivity contribution in [1.82, 2.24) is 10.2 Å². The van der Waals surface area contributed by atoms with Crippen molar-refractivity contribution in [3.63, 3.8) is 0 Å². The molecule has 2 atom stereocenters. The third-order valence-corrected chi connectivity index (χ3v) is 6.27. The van der Waals surface area contributed by atoms with Crippen LogP contribution in [-0.2, 0) is 6.54 Å². The number of amides is 1. The van der Waals surface area contributed by atoms with E-state index in [0.29, 0.717) is 50.8 Å². The lowest BCUT2D eigenvalue weighted by atomic mass is 9.93. The maximum absolute atomic E-state index is 13.1. The van der Waals surface area contributed by atoms with Gasteiger partial charge in [-0.25, -0.2) is 4.39 Å². The molecule has 32 heavy (non-hydrogen) atoms. The molecule has 9 heteroatoms. The predicted octanol–water partition coefficient (Wildman–Crippen LogP) is 2.84. The second-order valence-corrected chi connectivity index (χ2v) is 8.60. The maximum Gasteiger partial charge on any atom is 0.255 e. The smallest absolute Gasteiger partial charge is 0.255 e. The fourth-order valence-electron chi connectivity index (χ4n) is 4.08. The highest BCUT2D eigenvalue weighted by molar-refractivity contribution is 6.35. The van der Waals surface area contributed by atoms with E-state index >= 15 is 0 Å². The number of nitrogens with zero attached hydrogens (tertiary/aromatic N) is 1. The Bertz CT molecular complexity index is 973. The molecule has 2 aliphatic rings. The first-order valence-electron chi connectivity index (χ1n) is 10.7. The number of nitrogens with two attached hydrogens (primary N) is 1. The number of ether oxygens (including phenoxy) is 2. The molecule has 1 fully saturated rings. The number of fused-ring (bicyclic) bond motifs is 1. The third kappa shape index (κ3) is 5.09. The van der Waals surface area contributed by atoms with Crippen molar-refractivity contribution < 1.29 is 23.8 Å². The molecule has 7 nitrogen and oxygen atoms in total. The van der Waals surface area contributed by atoms with Crippen LogP contribution in [0.2, 0.25) is 5.02 Å². The van der Waals surface area contributed by atoms with Crippen LogP contribution in [0.3, 0.4) is 0 Å². The quantitative estimate of drug-likeness (QED) is 0.590. The van der Waals surface area contributed by atoms with Gasteiger partial charge in [0, 0.05) is 32.0 Å². The summed E-state index contributed by atoms with van der Waals surface area (Å²) in [5, 5.41) is 13.8. The van der Waals surface area contributed by atoms with Gasteiger partial charge in [0.1, 0.15) is 10.8 Å². The Balaban J connectivity index is 1.36. The zero-order valence-electron chi connectivity index (χ0n) is 17.7. The summed E-state index contributed by atoms with van der Waals surface area (Å²) < 4.78 is 24.5. The Hall–Kier alpha value is -2.55. The van der Waals surface area contributed by atoms with Gasteiger partial charge < -0.3 is 25.6 Å². The average molecular weight is 464 g/mol. The molecule has 0 radical (unpaired) electrons. The van der Waals surface area contributed by atoms with Gasteiger partial charge in [-0.15, -0.1) is 0 Å². The largest absolute Gasteiger partial charge is 0.489 e. The second-order valence-electron chi connectivity index (χ2n) is 8.22. The molecule has 0 bridgehead atoms. The van der Waals surface area contributed by atoms with E-state index in [1.807, 2.05) is 0 Å². The number of benzene rings is 2. The van der Waals surface area contributed by atoms with Gasteiger partial charge in [0.05, 0.1) is 30.6 Å². The van der Waals surface area contributed by atoms with E-state index in [1.54, 1.807) is 12.1 Å². The number of rotatable bonds is 5. The van der Waals surface area contributed by atoms with E-state index in [2.05, 4.69) is 10.2 Å². The summed E-state index contributed by atoms with van der Waals surface area (Å²) in [6.07, 6.45) is 0.814. The molecular formula is C23H27ClFN3O4. The van der Waals surface area contributed by atoms with E-state index in [0.717, 1.165) is 18.5 Å². The molecule has 2 aromatic carbocycles. The fourth-order valence-corrected chi connectivity index (χ4v) is 4.28. The summed E-state index contributed by atoms with van der Waals surface area (Å²) in [4.78, 5) is 15.0. The van der Waals surface area contributed by atoms with Crippen LogP contribution in [0, 0.1) is 11.7 Å². The topological polar surface area (TPSA) is 97.1 Å². The van der Waals surface area contributed by atoms with Crippen LogP contribution in [0.4, 0.5) is 10.1 Å². The first kappa shape index (κ1) is 22.6. The van der Waals surface area contributed by atoms with Gasteiger partial charge in [0.25, 0.3) is 5.91 Å². The summed E-state index contributed by atoms with van der Waals surface area (Å²) in [5.41, 5.74) is 7.48. The first-order valence-corrected chi connectivity index (χ1v) is 11.1. The lowest BCUT2D eigenvalue weighted by Crippen LogP contribution is -2.47. The van der Waals surface area contributed by atoms with Crippen molar-refractivity contribution in [2.24, 2.45) is 5.92 Å². The van der Waals surface area contributed by atoms with Crippen molar-refractivity contribution in [1.29, 1.82) is 0 Å². The molecule has 1 amide bonds. The number of piperidine rings is 1. The Morgan fingerprint density at radius 3 is 2.69 bits per heavy atom. The Kier molecular flexibility index (Phi) is 7.03. The summed E-state index contributed by atoms with van der Waals surface area (Å²) in [5.74, 6) is -0.100. The third-order valence-electron chi connectivity index (χ3n) is 5.88. The number of hydrogen-bond donors (Lipinski definition) is 3. The number of hydrogen-bond acceptors (Lipinski definition) is 6. The second kappa shape index (κ2) is 9.94. The molecule has 0 saturated carbocycles. The van der Waals surface area contributed by atoms with E-state index in [1.165, 1.54) is 18.2 Å². The number of nitrogen functional groups attached to an aromatic ring is 1. The van der Waals surface area contributed by atoms with Crippen LogP contribution in [0.15, 0.2) is 30.3 Å². The minimum absolute atomic E-state index is 0.0798. The molecule has 2 heterocycles. The van der Waals surface area contributed by atoms with Crippen molar-refractivity contribution in [3.05, 3.63) is 52.3 Å². The minimum Gasteiger partial charge on any atom is -0.489 e. The van der Waals surface area contributed by atoms with Crippen molar-refractivity contribution >= 4 is 23.2 Å². The number of aliphatic hydroxyl groups excluding tert-OH is 1. The molecule has 4 N–H and O–H groups in total. The van der Waals surface area contributed by atoms with Gasteiger partial charge >= 0.3 is 0 Å². The van der Waals surface area contributed by atoms with Gasteiger partial charge in [0.2, 0.25) is 0 Å². The monoisotopic (exact) mass is 463 g/mol. The molecule has 172 valence electrons. The zero-order valence-corrected chi connectivity index (χ0v) is 18.4. The number of β-amino-alcohol motifs (C(OH)–C–C–N with tert-alkyl or cyclic N) is 1. The van der Waals surface area contributed by atoms with Gasteiger partial charge in [-0.3, -0.25) is 9.69 Å². The Labute approximate surface area is 191 Å². The highest BCUT2D eigenvalue weighted by Gasteiger charge is 2.29.